The minimum atomic E-state index is -0.886. The van der Waals surface area contributed by atoms with Crippen LogP contribution in [0.2, 0.25) is 0 Å². The Kier molecular flexibility index (Phi) is 9.12. The number of anilines is 5. The van der Waals surface area contributed by atoms with Gasteiger partial charge in [-0.15, -0.1) is 0 Å². The van der Waals surface area contributed by atoms with E-state index in [1.807, 2.05) is 50.2 Å². The summed E-state index contributed by atoms with van der Waals surface area (Å²) in [6, 6.07) is 11.6. The first kappa shape index (κ1) is 30.2. The Morgan fingerprint density at radius 2 is 1.79 bits per heavy atom. The van der Waals surface area contributed by atoms with Crippen LogP contribution in [-0.4, -0.2) is 83.5 Å². The number of hydrogen-bond acceptors (Lipinski definition) is 8. The van der Waals surface area contributed by atoms with Crippen LogP contribution in [0.15, 0.2) is 42.6 Å². The average Bonchev–Trinajstić information content (AvgIpc) is 2.99. The Hall–Kier alpha value is -4.22. The van der Waals surface area contributed by atoms with Crippen LogP contribution >= 0.6 is 0 Å². The molecule has 0 radical (unpaired) electrons. The minimum absolute atomic E-state index is 0.0489. The zero-order valence-electron chi connectivity index (χ0n) is 25.4. The van der Waals surface area contributed by atoms with E-state index in [1.165, 1.54) is 0 Å². The molecular weight excluding hydrogens is 546 g/mol. The molecule has 2 amide bonds. The third-order valence-corrected chi connectivity index (χ3v) is 8.35. The number of rotatable bonds is 10. The Labute approximate surface area is 252 Å². The molecule has 2 aliphatic rings. The number of nitrogens with one attached hydrogen (secondary N) is 1. The van der Waals surface area contributed by atoms with Crippen LogP contribution in [0.4, 0.5) is 33.6 Å². The number of carboxylic acids is 1. The lowest BCUT2D eigenvalue weighted by Gasteiger charge is -2.37. The van der Waals surface area contributed by atoms with Crippen LogP contribution in [0.25, 0.3) is 0 Å². The van der Waals surface area contributed by atoms with Gasteiger partial charge in [0.2, 0.25) is 5.95 Å². The Morgan fingerprint density at radius 3 is 2.47 bits per heavy atom. The number of aliphatic carboxylic acids is 1. The van der Waals surface area contributed by atoms with Crippen molar-refractivity contribution in [2.24, 2.45) is 0 Å². The molecule has 0 spiro atoms. The Balaban J connectivity index is 1.46. The number of carboxylic acid groups (broad SMARTS) is 1. The number of aliphatic hydroxyl groups is 1. The number of carbonyl (C=O) groups is 2. The maximum atomic E-state index is 13.9. The van der Waals surface area contributed by atoms with Crippen LogP contribution < -0.4 is 20.0 Å². The van der Waals surface area contributed by atoms with Gasteiger partial charge in [0.05, 0.1) is 18.2 Å². The summed E-state index contributed by atoms with van der Waals surface area (Å²) in [4.78, 5) is 43.2. The molecule has 11 heteroatoms. The molecule has 43 heavy (non-hydrogen) atoms. The van der Waals surface area contributed by atoms with Crippen molar-refractivity contribution in [3.63, 3.8) is 0 Å². The third kappa shape index (κ3) is 6.42. The minimum Gasteiger partial charge on any atom is -0.481 e. The van der Waals surface area contributed by atoms with Crippen molar-refractivity contribution in [2.45, 2.75) is 46.1 Å². The van der Waals surface area contributed by atoms with Crippen LogP contribution in [0.5, 0.6) is 0 Å². The van der Waals surface area contributed by atoms with Crippen molar-refractivity contribution >= 4 is 40.8 Å². The van der Waals surface area contributed by atoms with Crippen LogP contribution in [0.1, 0.15) is 47.9 Å². The van der Waals surface area contributed by atoms with Crippen molar-refractivity contribution in [1.29, 1.82) is 0 Å². The van der Waals surface area contributed by atoms with Gasteiger partial charge in [-0.3, -0.25) is 14.6 Å². The molecule has 2 aromatic carbocycles. The lowest BCUT2D eigenvalue weighted by Crippen LogP contribution is -2.49. The number of likely N-dealkylation sites (N-methyl/N-ethyl adjacent to an activating group) is 1. The summed E-state index contributed by atoms with van der Waals surface area (Å²) in [5, 5.41) is 22.5. The molecular formula is C32H41N7O4. The summed E-state index contributed by atoms with van der Waals surface area (Å²) in [5.41, 5.74) is 6.05. The average molecular weight is 588 g/mol. The lowest BCUT2D eigenvalue weighted by molar-refractivity contribution is -0.138. The second-order valence-corrected chi connectivity index (χ2v) is 11.5. The van der Waals surface area contributed by atoms with Gasteiger partial charge in [0.25, 0.3) is 0 Å². The number of amides is 2. The number of para-hydroxylation sites is 1. The van der Waals surface area contributed by atoms with Crippen molar-refractivity contribution in [1.82, 2.24) is 14.9 Å². The van der Waals surface area contributed by atoms with E-state index in [1.54, 1.807) is 22.9 Å². The van der Waals surface area contributed by atoms with Gasteiger partial charge >= 0.3 is 12.0 Å². The zero-order valence-corrected chi connectivity index (χ0v) is 25.4. The fourth-order valence-corrected chi connectivity index (χ4v) is 5.84. The van der Waals surface area contributed by atoms with Crippen molar-refractivity contribution in [3.8, 4) is 0 Å². The van der Waals surface area contributed by atoms with Crippen LogP contribution in [-0.2, 0) is 11.3 Å². The maximum Gasteiger partial charge on any atom is 0.330 e. The molecule has 1 saturated heterocycles. The van der Waals surface area contributed by atoms with Gasteiger partial charge in [0, 0.05) is 62.5 Å². The Morgan fingerprint density at radius 1 is 1.07 bits per heavy atom. The summed E-state index contributed by atoms with van der Waals surface area (Å²) in [5.74, 6) is -0.726. The van der Waals surface area contributed by atoms with E-state index < -0.39 is 11.9 Å². The highest BCUT2D eigenvalue weighted by Gasteiger charge is 2.34. The molecule has 0 aliphatic carbocycles. The molecule has 0 bridgehead atoms. The van der Waals surface area contributed by atoms with Gasteiger partial charge in [-0.2, -0.15) is 4.98 Å². The second-order valence-electron chi connectivity index (χ2n) is 11.5. The zero-order chi connectivity index (χ0) is 30.7. The number of nitrogens with zero attached hydrogens (tertiary/aromatic N) is 6. The molecule has 228 valence electrons. The van der Waals surface area contributed by atoms with Gasteiger partial charge in [0.1, 0.15) is 5.82 Å². The van der Waals surface area contributed by atoms with Crippen molar-refractivity contribution in [2.75, 3.05) is 66.4 Å². The number of urea groups is 1. The van der Waals surface area contributed by atoms with E-state index in [2.05, 4.69) is 27.1 Å². The summed E-state index contributed by atoms with van der Waals surface area (Å²) >= 11 is 0. The molecule has 1 fully saturated rings. The number of carbonyl (C=O) groups excluding carboxylic acids is 1. The van der Waals surface area contributed by atoms with Crippen molar-refractivity contribution < 1.29 is 19.8 Å². The summed E-state index contributed by atoms with van der Waals surface area (Å²) < 4.78 is 0. The first-order valence-corrected chi connectivity index (χ1v) is 14.9. The fraction of sp³-hybridized carbons (Fsp3) is 0.438. The SMILES string of the molecule is Cc1cccc(C)c1N1Cc2cnc(Nc3ccc(N4CCN(C)CC4)c(C(C)C(=O)O)c3)nc2N(CCCCO)C1=O. The quantitative estimate of drug-likeness (QED) is 0.294. The van der Waals surface area contributed by atoms with Crippen LogP contribution in [0, 0.1) is 13.8 Å². The normalized spacial score (nSPS) is 16.3. The maximum absolute atomic E-state index is 13.9. The van der Waals surface area contributed by atoms with Crippen LogP contribution in [0.3, 0.4) is 0 Å². The number of hydrogen-bond donors (Lipinski definition) is 3. The van der Waals surface area contributed by atoms with E-state index in [0.717, 1.165) is 59.8 Å². The monoisotopic (exact) mass is 587 g/mol. The van der Waals surface area contributed by atoms with E-state index in [-0.39, 0.29) is 12.6 Å². The smallest absolute Gasteiger partial charge is 0.330 e. The number of fused-ring (bicyclic) bond motifs is 1. The van der Waals surface area contributed by atoms with Gasteiger partial charge in [-0.25, -0.2) is 9.78 Å². The highest BCUT2D eigenvalue weighted by molar-refractivity contribution is 6.06. The Bertz CT molecular complexity index is 1470. The predicted octanol–water partition coefficient (Wildman–Crippen LogP) is 4.50. The molecule has 1 unspecified atom stereocenters. The first-order valence-electron chi connectivity index (χ1n) is 14.9. The first-order chi connectivity index (χ1) is 20.7. The molecule has 5 rings (SSSR count). The van der Waals surface area contributed by atoms with E-state index >= 15 is 0 Å². The summed E-state index contributed by atoms with van der Waals surface area (Å²) in [6.07, 6.45) is 2.94. The number of aromatic nitrogens is 2. The highest BCUT2D eigenvalue weighted by atomic mass is 16.4. The van der Waals surface area contributed by atoms with E-state index in [0.29, 0.717) is 43.4 Å². The number of benzene rings is 2. The molecule has 3 aromatic rings. The van der Waals surface area contributed by atoms with E-state index in [4.69, 9.17) is 4.98 Å². The molecule has 3 heterocycles. The molecule has 11 nitrogen and oxygen atoms in total. The largest absolute Gasteiger partial charge is 0.481 e. The number of aryl methyl sites for hydroxylation is 2. The van der Waals surface area contributed by atoms with Crippen molar-refractivity contribution in [3.05, 3.63) is 64.8 Å². The predicted molar refractivity (Wildman–Crippen MR) is 169 cm³/mol. The second kappa shape index (κ2) is 13.0. The summed E-state index contributed by atoms with van der Waals surface area (Å²) in [6.45, 7) is 9.99. The number of aliphatic hydroxyl groups excluding tert-OH is 1. The molecule has 3 N–H and O–H groups in total. The lowest BCUT2D eigenvalue weighted by atomic mass is 9.97. The topological polar surface area (TPSA) is 125 Å². The van der Waals surface area contributed by atoms with Gasteiger partial charge in [-0.1, -0.05) is 18.2 Å². The van der Waals surface area contributed by atoms with Gasteiger partial charge in [0.15, 0.2) is 0 Å². The number of unbranched alkanes of at least 4 members (excludes halogenated alkanes) is 1. The third-order valence-electron chi connectivity index (χ3n) is 8.35. The van der Waals surface area contributed by atoms with Gasteiger partial charge < -0.3 is 25.3 Å². The van der Waals surface area contributed by atoms with E-state index in [9.17, 15) is 19.8 Å². The standard InChI is InChI=1S/C32H41N7O4/c1-21-8-7-9-22(2)28(21)39-20-24-19-33-31(35-29(24)38(32(39)43)12-5-6-17-40)34-25-10-11-27(26(18-25)23(3)30(41)42)37-15-13-36(4)14-16-37/h7-11,18-19,23,40H,5-6,12-17,20H2,1-4H3,(H,41,42)(H,33,34,35). The molecule has 1 atom stereocenters. The molecule has 0 saturated carbocycles. The molecule has 1 aromatic heterocycles. The molecule has 2 aliphatic heterocycles. The highest BCUT2D eigenvalue weighted by Crippen LogP contribution is 2.36. The summed E-state index contributed by atoms with van der Waals surface area (Å²) in [7, 11) is 2.09. The van der Waals surface area contributed by atoms with Gasteiger partial charge in [-0.05, 0) is 75.5 Å². The fourth-order valence-electron chi connectivity index (χ4n) is 5.84. The number of piperazine rings is 1.